The summed E-state index contributed by atoms with van der Waals surface area (Å²) in [4.78, 5) is 12.2. The molecule has 0 aliphatic heterocycles. The molecule has 1 aliphatic carbocycles. The second kappa shape index (κ2) is 5.42. The molecule has 1 aliphatic rings. The maximum Gasteiger partial charge on any atom is 0.338 e. The molecule has 0 bridgehead atoms. The van der Waals surface area contributed by atoms with Gasteiger partial charge < -0.3 is 10.5 Å². The highest BCUT2D eigenvalue weighted by Crippen LogP contribution is 2.24. The minimum atomic E-state index is -0.227. The molecule has 1 fully saturated rings. The van der Waals surface area contributed by atoms with Crippen LogP contribution in [0.2, 0.25) is 0 Å². The van der Waals surface area contributed by atoms with E-state index in [1.165, 1.54) is 6.42 Å². The fourth-order valence-electron chi connectivity index (χ4n) is 2.50. The summed E-state index contributed by atoms with van der Waals surface area (Å²) in [6, 6.07) is 3.60. The van der Waals surface area contributed by atoms with Crippen molar-refractivity contribution in [3.63, 3.8) is 0 Å². The molecule has 98 valence electrons. The lowest BCUT2D eigenvalue weighted by Gasteiger charge is -2.22. The van der Waals surface area contributed by atoms with Gasteiger partial charge >= 0.3 is 5.97 Å². The average Bonchev–Trinajstić information content (AvgIpc) is 2.35. The first-order valence-corrected chi connectivity index (χ1v) is 6.65. The fraction of sp³-hybridized carbons (Fsp3) is 0.533. The van der Waals surface area contributed by atoms with E-state index >= 15 is 0 Å². The molecule has 3 heteroatoms. The van der Waals surface area contributed by atoms with Gasteiger partial charge in [-0.1, -0.05) is 6.42 Å². The lowest BCUT2D eigenvalue weighted by molar-refractivity contribution is 0.0210. The van der Waals surface area contributed by atoms with Gasteiger partial charge in [-0.05, 0) is 62.8 Å². The van der Waals surface area contributed by atoms with Crippen LogP contribution in [0.3, 0.4) is 0 Å². The number of ether oxygens (including phenoxy) is 1. The molecule has 0 spiro atoms. The molecule has 0 atom stereocenters. The lowest BCUT2D eigenvalue weighted by atomic mass is 9.97. The molecule has 1 saturated carbocycles. The van der Waals surface area contributed by atoms with Crippen LogP contribution in [0.1, 0.15) is 53.6 Å². The molecule has 0 aromatic heterocycles. The van der Waals surface area contributed by atoms with Crippen LogP contribution in [0.25, 0.3) is 0 Å². The Kier molecular flexibility index (Phi) is 3.90. The molecule has 3 nitrogen and oxygen atoms in total. The number of benzene rings is 1. The second-order valence-electron chi connectivity index (χ2n) is 5.18. The number of carbonyl (C=O) groups excluding carboxylic acids is 1. The van der Waals surface area contributed by atoms with Crippen molar-refractivity contribution in [2.24, 2.45) is 0 Å². The Hall–Kier alpha value is -1.51. The number of aryl methyl sites for hydroxylation is 1. The molecule has 0 saturated heterocycles. The molecule has 1 aromatic carbocycles. The summed E-state index contributed by atoms with van der Waals surface area (Å²) >= 11 is 0. The van der Waals surface area contributed by atoms with Gasteiger partial charge in [0.2, 0.25) is 0 Å². The van der Waals surface area contributed by atoms with Crippen LogP contribution in [0.4, 0.5) is 5.69 Å². The first-order valence-electron chi connectivity index (χ1n) is 6.65. The van der Waals surface area contributed by atoms with Gasteiger partial charge in [0.15, 0.2) is 0 Å². The van der Waals surface area contributed by atoms with Gasteiger partial charge in [0.05, 0.1) is 5.56 Å². The van der Waals surface area contributed by atoms with E-state index in [0.717, 1.165) is 36.8 Å². The van der Waals surface area contributed by atoms with Crippen molar-refractivity contribution in [2.75, 3.05) is 5.73 Å². The largest absolute Gasteiger partial charge is 0.459 e. The Bertz CT molecular complexity index is 448. The van der Waals surface area contributed by atoms with Crippen LogP contribution in [0, 0.1) is 13.8 Å². The highest BCUT2D eigenvalue weighted by molar-refractivity contribution is 5.92. The van der Waals surface area contributed by atoms with Crippen LogP contribution in [-0.2, 0) is 4.74 Å². The average molecular weight is 247 g/mol. The van der Waals surface area contributed by atoms with E-state index in [0.29, 0.717) is 11.3 Å². The van der Waals surface area contributed by atoms with Crippen molar-refractivity contribution in [2.45, 2.75) is 52.1 Å². The number of hydrogen-bond acceptors (Lipinski definition) is 3. The molecule has 18 heavy (non-hydrogen) atoms. The SMILES string of the molecule is Cc1cc(N)cc(C(=O)OC2CCCCC2)c1C. The number of anilines is 1. The van der Waals surface area contributed by atoms with Crippen molar-refractivity contribution in [3.05, 3.63) is 28.8 Å². The van der Waals surface area contributed by atoms with E-state index in [1.54, 1.807) is 6.07 Å². The third kappa shape index (κ3) is 2.84. The summed E-state index contributed by atoms with van der Waals surface area (Å²) in [5.74, 6) is -0.227. The minimum absolute atomic E-state index is 0.0902. The van der Waals surface area contributed by atoms with Crippen molar-refractivity contribution >= 4 is 11.7 Å². The smallest absolute Gasteiger partial charge is 0.338 e. The Labute approximate surface area is 108 Å². The zero-order valence-corrected chi connectivity index (χ0v) is 11.2. The molecule has 2 N–H and O–H groups in total. The minimum Gasteiger partial charge on any atom is -0.459 e. The molecular weight excluding hydrogens is 226 g/mol. The van der Waals surface area contributed by atoms with Crippen molar-refractivity contribution in [1.82, 2.24) is 0 Å². The van der Waals surface area contributed by atoms with Crippen LogP contribution in [0.5, 0.6) is 0 Å². The Morgan fingerprint density at radius 2 is 1.89 bits per heavy atom. The van der Waals surface area contributed by atoms with Crippen molar-refractivity contribution in [3.8, 4) is 0 Å². The molecule has 0 radical (unpaired) electrons. The van der Waals surface area contributed by atoms with E-state index in [-0.39, 0.29) is 12.1 Å². The summed E-state index contributed by atoms with van der Waals surface area (Å²) in [6.07, 6.45) is 5.65. The molecular formula is C15H21NO2. The monoisotopic (exact) mass is 247 g/mol. The summed E-state index contributed by atoms with van der Waals surface area (Å²) in [7, 11) is 0. The van der Waals surface area contributed by atoms with Gasteiger partial charge in [-0.15, -0.1) is 0 Å². The predicted octanol–water partition coefficient (Wildman–Crippen LogP) is 3.38. The highest BCUT2D eigenvalue weighted by Gasteiger charge is 2.20. The number of rotatable bonds is 2. The predicted molar refractivity (Wildman–Crippen MR) is 72.6 cm³/mol. The van der Waals surface area contributed by atoms with Crippen molar-refractivity contribution < 1.29 is 9.53 Å². The fourth-order valence-corrected chi connectivity index (χ4v) is 2.50. The summed E-state index contributed by atoms with van der Waals surface area (Å²) in [5.41, 5.74) is 9.02. The topological polar surface area (TPSA) is 52.3 Å². The van der Waals surface area contributed by atoms with E-state index in [1.807, 2.05) is 19.9 Å². The highest BCUT2D eigenvalue weighted by atomic mass is 16.5. The molecule has 2 rings (SSSR count). The quantitative estimate of drug-likeness (QED) is 0.644. The van der Waals surface area contributed by atoms with E-state index < -0.39 is 0 Å². The number of carbonyl (C=O) groups is 1. The zero-order chi connectivity index (χ0) is 13.1. The Morgan fingerprint density at radius 3 is 2.56 bits per heavy atom. The van der Waals surface area contributed by atoms with Gasteiger partial charge in [-0.3, -0.25) is 0 Å². The Morgan fingerprint density at radius 1 is 1.22 bits per heavy atom. The molecule has 1 aromatic rings. The molecule has 0 amide bonds. The van der Waals surface area contributed by atoms with Gasteiger partial charge in [0.25, 0.3) is 0 Å². The standard InChI is InChI=1S/C15H21NO2/c1-10-8-12(16)9-14(11(10)2)15(17)18-13-6-4-3-5-7-13/h8-9,13H,3-7,16H2,1-2H3. The van der Waals surface area contributed by atoms with Crippen LogP contribution < -0.4 is 5.73 Å². The zero-order valence-electron chi connectivity index (χ0n) is 11.2. The van der Waals surface area contributed by atoms with Gasteiger partial charge in [0, 0.05) is 5.69 Å². The first kappa shape index (κ1) is 12.9. The second-order valence-corrected chi connectivity index (χ2v) is 5.18. The maximum atomic E-state index is 12.2. The van der Waals surface area contributed by atoms with Crippen LogP contribution in [-0.4, -0.2) is 12.1 Å². The van der Waals surface area contributed by atoms with E-state index in [4.69, 9.17) is 10.5 Å². The number of nitrogens with two attached hydrogens (primary N) is 1. The number of nitrogen functional groups attached to an aromatic ring is 1. The normalized spacial score (nSPS) is 16.6. The number of esters is 1. The number of hydrogen-bond donors (Lipinski definition) is 1. The molecule has 0 heterocycles. The molecule has 0 unspecified atom stereocenters. The lowest BCUT2D eigenvalue weighted by Crippen LogP contribution is -2.21. The van der Waals surface area contributed by atoms with Crippen molar-refractivity contribution in [1.29, 1.82) is 0 Å². The first-order chi connectivity index (χ1) is 8.58. The van der Waals surface area contributed by atoms with Gasteiger partial charge in [-0.2, -0.15) is 0 Å². The maximum absolute atomic E-state index is 12.2. The van der Waals surface area contributed by atoms with Crippen LogP contribution in [0.15, 0.2) is 12.1 Å². The Balaban J connectivity index is 2.13. The third-order valence-corrected chi connectivity index (χ3v) is 3.74. The van der Waals surface area contributed by atoms with E-state index in [2.05, 4.69) is 0 Å². The summed E-state index contributed by atoms with van der Waals surface area (Å²) in [6.45, 7) is 3.90. The summed E-state index contributed by atoms with van der Waals surface area (Å²) in [5, 5.41) is 0. The third-order valence-electron chi connectivity index (χ3n) is 3.74. The summed E-state index contributed by atoms with van der Waals surface area (Å²) < 4.78 is 5.57. The van der Waals surface area contributed by atoms with Gasteiger partial charge in [0.1, 0.15) is 6.10 Å². The van der Waals surface area contributed by atoms with Crippen LogP contribution >= 0.6 is 0 Å². The van der Waals surface area contributed by atoms with E-state index in [9.17, 15) is 4.79 Å². The van der Waals surface area contributed by atoms with Gasteiger partial charge in [-0.25, -0.2) is 4.79 Å².